The van der Waals surface area contributed by atoms with Gasteiger partial charge in [0.05, 0.1) is 12.2 Å². The molecule has 3 nitrogen and oxygen atoms in total. The van der Waals surface area contributed by atoms with E-state index >= 15 is 0 Å². The molecule has 0 aliphatic heterocycles. The molecule has 0 saturated carbocycles. The van der Waals surface area contributed by atoms with Crippen molar-refractivity contribution in [3.63, 3.8) is 0 Å². The van der Waals surface area contributed by atoms with Crippen molar-refractivity contribution < 1.29 is 14.3 Å². The number of ketones is 1. The minimum Gasteiger partial charge on any atom is -0.462 e. The summed E-state index contributed by atoms with van der Waals surface area (Å²) in [6.07, 6.45) is 0. The van der Waals surface area contributed by atoms with Crippen LogP contribution in [0.2, 0.25) is 0 Å². The Morgan fingerprint density at radius 3 is 2.52 bits per heavy atom. The Labute approximate surface area is 124 Å². The molecule has 2 aromatic carbocycles. The molecule has 0 spiro atoms. The summed E-state index contributed by atoms with van der Waals surface area (Å²) in [4.78, 5) is 23.6. The number of carbonyl (C=O) groups is 2. The van der Waals surface area contributed by atoms with E-state index in [1.54, 1.807) is 32.0 Å². The molecule has 0 heterocycles. The van der Waals surface area contributed by atoms with Crippen LogP contribution in [-0.2, 0) is 4.74 Å². The van der Waals surface area contributed by atoms with Gasteiger partial charge in [0.15, 0.2) is 5.78 Å². The SMILES string of the molecule is CCOC(=O)c1cccc(-c2cc(C)ccc2C(C)=O)c1. The molecule has 2 rings (SSSR count). The Morgan fingerprint density at radius 1 is 1.10 bits per heavy atom. The molecule has 21 heavy (non-hydrogen) atoms. The number of rotatable bonds is 4. The fraction of sp³-hybridized carbons (Fsp3) is 0.222. The van der Waals surface area contributed by atoms with Crippen LogP contribution in [0.4, 0.5) is 0 Å². The number of Topliss-reactive ketones (excluding diaryl/α,β-unsaturated/α-hetero) is 1. The molecule has 0 N–H and O–H groups in total. The predicted octanol–water partition coefficient (Wildman–Crippen LogP) is 4.04. The second-order valence-corrected chi connectivity index (χ2v) is 4.91. The molecule has 0 fully saturated rings. The van der Waals surface area contributed by atoms with Gasteiger partial charge in [-0.3, -0.25) is 4.79 Å². The second kappa shape index (κ2) is 6.35. The van der Waals surface area contributed by atoms with Crippen LogP contribution in [-0.4, -0.2) is 18.4 Å². The van der Waals surface area contributed by atoms with Gasteiger partial charge in [0.2, 0.25) is 0 Å². The second-order valence-electron chi connectivity index (χ2n) is 4.91. The molecule has 0 unspecified atom stereocenters. The molecule has 0 aliphatic carbocycles. The van der Waals surface area contributed by atoms with Crippen molar-refractivity contribution in [1.29, 1.82) is 0 Å². The van der Waals surface area contributed by atoms with Crippen molar-refractivity contribution in [3.8, 4) is 11.1 Å². The Bertz CT molecular complexity index is 687. The Kier molecular flexibility index (Phi) is 4.53. The third kappa shape index (κ3) is 3.37. The highest BCUT2D eigenvalue weighted by molar-refractivity contribution is 6.01. The lowest BCUT2D eigenvalue weighted by atomic mass is 9.94. The number of hydrogen-bond acceptors (Lipinski definition) is 3. The van der Waals surface area contributed by atoms with Gasteiger partial charge in [-0.2, -0.15) is 0 Å². The monoisotopic (exact) mass is 282 g/mol. The maximum atomic E-state index is 11.8. The minimum atomic E-state index is -0.351. The molecule has 0 radical (unpaired) electrons. The van der Waals surface area contributed by atoms with E-state index in [4.69, 9.17) is 4.74 Å². The summed E-state index contributed by atoms with van der Waals surface area (Å²) >= 11 is 0. The predicted molar refractivity (Wildman–Crippen MR) is 82.6 cm³/mol. The van der Waals surface area contributed by atoms with Crippen LogP contribution in [0.25, 0.3) is 11.1 Å². The largest absolute Gasteiger partial charge is 0.462 e. The first-order valence-corrected chi connectivity index (χ1v) is 6.92. The minimum absolute atomic E-state index is 0.00605. The zero-order valence-electron chi connectivity index (χ0n) is 12.5. The fourth-order valence-corrected chi connectivity index (χ4v) is 2.23. The highest BCUT2D eigenvalue weighted by Crippen LogP contribution is 2.26. The summed E-state index contributed by atoms with van der Waals surface area (Å²) in [7, 11) is 0. The van der Waals surface area contributed by atoms with Crippen LogP contribution in [0.3, 0.4) is 0 Å². The topological polar surface area (TPSA) is 43.4 Å². The van der Waals surface area contributed by atoms with E-state index in [0.717, 1.165) is 16.7 Å². The molecule has 0 atom stereocenters. The van der Waals surface area contributed by atoms with Crippen molar-refractivity contribution in [3.05, 3.63) is 59.2 Å². The molecule has 3 heteroatoms. The van der Waals surface area contributed by atoms with E-state index in [2.05, 4.69) is 0 Å². The zero-order chi connectivity index (χ0) is 15.4. The molecule has 0 aromatic heterocycles. The lowest BCUT2D eigenvalue weighted by Gasteiger charge is -2.10. The molecule has 108 valence electrons. The van der Waals surface area contributed by atoms with E-state index in [9.17, 15) is 9.59 Å². The summed E-state index contributed by atoms with van der Waals surface area (Å²) in [5.74, 6) is -0.345. The van der Waals surface area contributed by atoms with Gasteiger partial charge < -0.3 is 4.74 Å². The summed E-state index contributed by atoms with van der Waals surface area (Å²) in [5.41, 5.74) is 3.90. The molecule has 2 aromatic rings. The van der Waals surface area contributed by atoms with Gasteiger partial charge in [0, 0.05) is 5.56 Å². The van der Waals surface area contributed by atoms with Gasteiger partial charge in [-0.1, -0.05) is 35.9 Å². The van der Waals surface area contributed by atoms with E-state index < -0.39 is 0 Å². The number of benzene rings is 2. The van der Waals surface area contributed by atoms with Crippen molar-refractivity contribution >= 4 is 11.8 Å². The summed E-state index contributed by atoms with van der Waals surface area (Å²) < 4.78 is 5.01. The van der Waals surface area contributed by atoms with Crippen molar-refractivity contribution in [2.45, 2.75) is 20.8 Å². The van der Waals surface area contributed by atoms with Gasteiger partial charge >= 0.3 is 5.97 Å². The first kappa shape index (κ1) is 15.0. The van der Waals surface area contributed by atoms with Crippen molar-refractivity contribution in [2.24, 2.45) is 0 Å². The number of carbonyl (C=O) groups excluding carboxylic acids is 2. The maximum Gasteiger partial charge on any atom is 0.338 e. The molecule has 0 aliphatic rings. The Balaban J connectivity index is 2.52. The van der Waals surface area contributed by atoms with E-state index in [1.165, 1.54) is 0 Å². The summed E-state index contributed by atoms with van der Waals surface area (Å²) in [6.45, 7) is 5.63. The van der Waals surface area contributed by atoms with Crippen LogP contribution in [0, 0.1) is 6.92 Å². The average molecular weight is 282 g/mol. The summed E-state index contributed by atoms with van der Waals surface area (Å²) in [6, 6.07) is 12.9. The van der Waals surface area contributed by atoms with Gasteiger partial charge in [-0.25, -0.2) is 4.79 Å². The molecule has 0 amide bonds. The third-order valence-corrected chi connectivity index (χ3v) is 3.24. The van der Waals surface area contributed by atoms with Crippen LogP contribution in [0.1, 0.15) is 40.1 Å². The van der Waals surface area contributed by atoms with Gasteiger partial charge in [0.1, 0.15) is 0 Å². The van der Waals surface area contributed by atoms with Crippen LogP contribution in [0.15, 0.2) is 42.5 Å². The molecule has 0 saturated heterocycles. The standard InChI is InChI=1S/C18H18O3/c1-4-21-18(20)15-7-5-6-14(11-15)17-10-12(2)8-9-16(17)13(3)19/h5-11H,4H2,1-3H3. The van der Waals surface area contributed by atoms with Crippen molar-refractivity contribution in [1.82, 2.24) is 0 Å². The highest BCUT2D eigenvalue weighted by Gasteiger charge is 2.12. The number of ether oxygens (including phenoxy) is 1. The van der Waals surface area contributed by atoms with E-state index in [0.29, 0.717) is 17.7 Å². The first-order valence-electron chi connectivity index (χ1n) is 6.92. The number of hydrogen-bond donors (Lipinski definition) is 0. The quantitative estimate of drug-likeness (QED) is 0.628. The lowest BCUT2D eigenvalue weighted by Crippen LogP contribution is -2.05. The maximum absolute atomic E-state index is 11.8. The number of aryl methyl sites for hydroxylation is 1. The van der Waals surface area contributed by atoms with Crippen LogP contribution >= 0.6 is 0 Å². The van der Waals surface area contributed by atoms with Gasteiger partial charge in [-0.15, -0.1) is 0 Å². The molecular weight excluding hydrogens is 264 g/mol. The van der Waals surface area contributed by atoms with Gasteiger partial charge in [0.25, 0.3) is 0 Å². The van der Waals surface area contributed by atoms with E-state index in [-0.39, 0.29) is 11.8 Å². The van der Waals surface area contributed by atoms with Crippen LogP contribution in [0.5, 0.6) is 0 Å². The molecular formula is C18H18O3. The van der Waals surface area contributed by atoms with Gasteiger partial charge in [-0.05, 0) is 44.0 Å². The lowest BCUT2D eigenvalue weighted by molar-refractivity contribution is 0.0526. The normalized spacial score (nSPS) is 10.2. The van der Waals surface area contributed by atoms with E-state index in [1.807, 2.05) is 31.2 Å². The average Bonchev–Trinajstić information content (AvgIpc) is 2.47. The summed E-state index contributed by atoms with van der Waals surface area (Å²) in [5, 5.41) is 0. The van der Waals surface area contributed by atoms with Crippen LogP contribution < -0.4 is 0 Å². The molecule has 0 bridgehead atoms. The van der Waals surface area contributed by atoms with Crippen molar-refractivity contribution in [2.75, 3.05) is 6.61 Å². The highest BCUT2D eigenvalue weighted by atomic mass is 16.5. The Morgan fingerprint density at radius 2 is 1.86 bits per heavy atom. The smallest absolute Gasteiger partial charge is 0.338 e. The fourth-order valence-electron chi connectivity index (χ4n) is 2.23. The third-order valence-electron chi connectivity index (χ3n) is 3.24. The zero-order valence-corrected chi connectivity index (χ0v) is 12.5. The Hall–Kier alpha value is -2.42. The number of esters is 1. The first-order chi connectivity index (χ1) is 10.0.